The van der Waals surface area contributed by atoms with Gasteiger partial charge in [0.25, 0.3) is 5.96 Å². The van der Waals surface area contributed by atoms with Crippen molar-refractivity contribution < 1.29 is 9.77 Å². The molecular weight excluding hydrogens is 250 g/mol. The molecule has 0 spiro atoms. The second kappa shape index (κ2) is 6.16. The zero-order valence-corrected chi connectivity index (χ0v) is 11.5. The van der Waals surface area contributed by atoms with Crippen LogP contribution in [0.25, 0.3) is 0 Å². The van der Waals surface area contributed by atoms with Crippen LogP contribution >= 0.6 is 0 Å². The van der Waals surface area contributed by atoms with Gasteiger partial charge >= 0.3 is 0 Å². The van der Waals surface area contributed by atoms with E-state index in [9.17, 15) is 10.1 Å². The van der Waals surface area contributed by atoms with E-state index in [0.29, 0.717) is 32.5 Å². The molecule has 0 radical (unpaired) electrons. The summed E-state index contributed by atoms with van der Waals surface area (Å²) in [6, 6.07) is 0.181. The van der Waals surface area contributed by atoms with Crippen LogP contribution in [0.1, 0.15) is 19.8 Å². The van der Waals surface area contributed by atoms with Gasteiger partial charge in [0.1, 0.15) is 5.10 Å². The highest BCUT2D eigenvalue weighted by molar-refractivity contribution is 5.80. The van der Waals surface area contributed by atoms with E-state index in [2.05, 4.69) is 16.9 Å². The fraction of sp³-hybridized carbons (Fsp3) is 0.909. The van der Waals surface area contributed by atoms with Gasteiger partial charge in [-0.05, 0) is 12.8 Å². The van der Waals surface area contributed by atoms with E-state index < -0.39 is 5.03 Å². The maximum Gasteiger partial charge on any atom is 0.276 e. The second-order valence-electron chi connectivity index (χ2n) is 5.00. The topological polar surface area (TPSA) is 74.5 Å². The van der Waals surface area contributed by atoms with Crippen molar-refractivity contribution in [2.75, 3.05) is 40.1 Å². The standard InChI is InChI=1S/C11H21N5O3/c1-3-5-14-8-13(2)11(12-16(17)18)15(9-14)10-4-6-19-7-10/h10H,3-9H2,1-2H3. The maximum absolute atomic E-state index is 10.7. The van der Waals surface area contributed by atoms with E-state index in [1.165, 1.54) is 0 Å². The minimum absolute atomic E-state index is 0.181. The van der Waals surface area contributed by atoms with Gasteiger partial charge in [-0.1, -0.05) is 6.92 Å². The molecule has 8 nitrogen and oxygen atoms in total. The summed E-state index contributed by atoms with van der Waals surface area (Å²) in [5.74, 6) is 0.438. The molecule has 0 aromatic rings. The Balaban J connectivity index is 2.17. The number of rotatable bonds is 4. The Bertz CT molecular complexity index is 356. The minimum Gasteiger partial charge on any atom is -0.379 e. The summed E-state index contributed by atoms with van der Waals surface area (Å²) in [5, 5.41) is 13.6. The van der Waals surface area contributed by atoms with Crippen LogP contribution in [-0.4, -0.2) is 71.9 Å². The first-order chi connectivity index (χ1) is 9.11. The molecule has 8 heteroatoms. The van der Waals surface area contributed by atoms with E-state index in [0.717, 1.165) is 19.4 Å². The Kier molecular flexibility index (Phi) is 4.54. The highest BCUT2D eigenvalue weighted by atomic mass is 16.7. The number of ether oxygens (including phenoxy) is 1. The largest absolute Gasteiger partial charge is 0.379 e. The summed E-state index contributed by atoms with van der Waals surface area (Å²) in [5.41, 5.74) is 0. The van der Waals surface area contributed by atoms with Crippen LogP contribution in [0.4, 0.5) is 0 Å². The van der Waals surface area contributed by atoms with Gasteiger partial charge in [0.15, 0.2) is 5.03 Å². The van der Waals surface area contributed by atoms with Crippen LogP contribution < -0.4 is 0 Å². The van der Waals surface area contributed by atoms with Crippen molar-refractivity contribution in [3.8, 4) is 0 Å². The van der Waals surface area contributed by atoms with Crippen LogP contribution in [0.5, 0.6) is 0 Å². The first-order valence-corrected chi connectivity index (χ1v) is 6.62. The SMILES string of the molecule is CCCN1CN(C)C(=N[N+](=O)[O-])N(C2CCOC2)C1. The van der Waals surface area contributed by atoms with Gasteiger partial charge in [-0.2, -0.15) is 0 Å². The number of guanidine groups is 1. The van der Waals surface area contributed by atoms with E-state index in [1.54, 1.807) is 0 Å². The van der Waals surface area contributed by atoms with Crippen LogP contribution in [0.2, 0.25) is 0 Å². The molecule has 19 heavy (non-hydrogen) atoms. The third kappa shape index (κ3) is 3.32. The maximum atomic E-state index is 10.7. The average Bonchev–Trinajstić information content (AvgIpc) is 2.85. The van der Waals surface area contributed by atoms with Gasteiger partial charge in [0.2, 0.25) is 0 Å². The number of hydrogen-bond acceptors (Lipinski definition) is 4. The number of nitrogens with zero attached hydrogens (tertiary/aromatic N) is 5. The van der Waals surface area contributed by atoms with Crippen molar-refractivity contribution in [1.29, 1.82) is 0 Å². The summed E-state index contributed by atoms with van der Waals surface area (Å²) in [6.45, 7) is 5.78. The van der Waals surface area contributed by atoms with Gasteiger partial charge in [0, 0.05) is 20.2 Å². The smallest absolute Gasteiger partial charge is 0.276 e. The number of nitro groups is 1. The van der Waals surface area contributed by atoms with Crippen molar-refractivity contribution in [3.63, 3.8) is 0 Å². The highest BCUT2D eigenvalue weighted by Gasteiger charge is 2.35. The Morgan fingerprint density at radius 1 is 1.53 bits per heavy atom. The molecule has 2 saturated heterocycles. The Morgan fingerprint density at radius 2 is 2.32 bits per heavy atom. The fourth-order valence-electron chi connectivity index (χ4n) is 2.62. The lowest BCUT2D eigenvalue weighted by Gasteiger charge is -2.44. The molecule has 2 aliphatic rings. The molecule has 0 aromatic carbocycles. The predicted molar refractivity (Wildman–Crippen MR) is 70.0 cm³/mol. The third-order valence-electron chi connectivity index (χ3n) is 3.42. The van der Waals surface area contributed by atoms with Crippen molar-refractivity contribution in [2.24, 2.45) is 5.10 Å². The van der Waals surface area contributed by atoms with Gasteiger partial charge in [0.05, 0.1) is 26.0 Å². The summed E-state index contributed by atoms with van der Waals surface area (Å²) in [7, 11) is 1.84. The van der Waals surface area contributed by atoms with Gasteiger partial charge in [-0.25, -0.2) is 10.1 Å². The van der Waals surface area contributed by atoms with Crippen LogP contribution in [0.3, 0.4) is 0 Å². The molecule has 2 aliphatic heterocycles. The zero-order chi connectivity index (χ0) is 13.8. The quantitative estimate of drug-likeness (QED) is 0.537. The Hall–Kier alpha value is -1.41. The van der Waals surface area contributed by atoms with Crippen LogP contribution in [0.15, 0.2) is 5.10 Å². The van der Waals surface area contributed by atoms with Crippen LogP contribution in [0, 0.1) is 10.1 Å². The molecule has 0 N–H and O–H groups in total. The molecule has 1 unspecified atom stereocenters. The molecule has 2 fully saturated rings. The Labute approximate surface area is 112 Å². The molecule has 0 amide bonds. The molecule has 0 aromatic heterocycles. The van der Waals surface area contributed by atoms with E-state index >= 15 is 0 Å². The summed E-state index contributed by atoms with van der Waals surface area (Å²) >= 11 is 0. The minimum atomic E-state index is -0.621. The van der Waals surface area contributed by atoms with E-state index in [4.69, 9.17) is 4.74 Å². The molecule has 0 aliphatic carbocycles. The normalized spacial score (nSPS) is 27.3. The van der Waals surface area contributed by atoms with E-state index in [1.807, 2.05) is 16.8 Å². The monoisotopic (exact) mass is 271 g/mol. The van der Waals surface area contributed by atoms with Gasteiger partial charge < -0.3 is 14.5 Å². The van der Waals surface area contributed by atoms with Crippen molar-refractivity contribution in [3.05, 3.63) is 10.1 Å². The highest BCUT2D eigenvalue weighted by Crippen LogP contribution is 2.18. The zero-order valence-electron chi connectivity index (χ0n) is 11.5. The lowest BCUT2D eigenvalue weighted by molar-refractivity contribution is -0.486. The first-order valence-electron chi connectivity index (χ1n) is 6.62. The lowest BCUT2D eigenvalue weighted by atomic mass is 10.2. The second-order valence-corrected chi connectivity index (χ2v) is 5.00. The van der Waals surface area contributed by atoms with Crippen molar-refractivity contribution in [2.45, 2.75) is 25.8 Å². The van der Waals surface area contributed by atoms with Crippen molar-refractivity contribution >= 4 is 5.96 Å². The predicted octanol–water partition coefficient (Wildman–Crippen LogP) is 0.197. The summed E-state index contributed by atoms with van der Waals surface area (Å²) < 4.78 is 5.39. The molecule has 0 saturated carbocycles. The Morgan fingerprint density at radius 3 is 2.89 bits per heavy atom. The first kappa shape index (κ1) is 14.0. The van der Waals surface area contributed by atoms with Crippen molar-refractivity contribution in [1.82, 2.24) is 14.7 Å². The fourth-order valence-corrected chi connectivity index (χ4v) is 2.62. The summed E-state index contributed by atoms with van der Waals surface area (Å²) in [4.78, 5) is 16.8. The van der Waals surface area contributed by atoms with Crippen LogP contribution in [-0.2, 0) is 4.74 Å². The molecule has 108 valence electrons. The molecule has 1 atom stereocenters. The number of hydrazone groups is 1. The van der Waals surface area contributed by atoms with Gasteiger partial charge in [-0.3, -0.25) is 4.90 Å². The number of hydrogen-bond donors (Lipinski definition) is 0. The molecule has 2 rings (SSSR count). The average molecular weight is 271 g/mol. The van der Waals surface area contributed by atoms with E-state index in [-0.39, 0.29) is 6.04 Å². The van der Waals surface area contributed by atoms with Gasteiger partial charge in [-0.15, -0.1) is 0 Å². The third-order valence-corrected chi connectivity index (χ3v) is 3.42. The molecule has 2 heterocycles. The molecule has 0 bridgehead atoms. The lowest BCUT2D eigenvalue weighted by Crippen LogP contribution is -2.60. The molecular formula is C11H21N5O3. The summed E-state index contributed by atoms with van der Waals surface area (Å²) in [6.07, 6.45) is 1.95.